The van der Waals surface area contributed by atoms with Gasteiger partial charge in [0.25, 0.3) is 0 Å². The average molecular weight is 251 g/mol. The van der Waals surface area contributed by atoms with Crippen LogP contribution in [-0.2, 0) is 6.42 Å². The van der Waals surface area contributed by atoms with E-state index in [-0.39, 0.29) is 24.7 Å². The SMILES string of the molecule is NC(CCO)c1nc(Cc2ccccc2F)no1. The van der Waals surface area contributed by atoms with E-state index < -0.39 is 6.04 Å². The van der Waals surface area contributed by atoms with Gasteiger partial charge in [-0.25, -0.2) is 4.39 Å². The Morgan fingerprint density at radius 2 is 2.17 bits per heavy atom. The predicted molar refractivity (Wildman–Crippen MR) is 62.1 cm³/mol. The van der Waals surface area contributed by atoms with Gasteiger partial charge in [-0.2, -0.15) is 4.98 Å². The summed E-state index contributed by atoms with van der Waals surface area (Å²) >= 11 is 0. The van der Waals surface area contributed by atoms with Crippen molar-refractivity contribution in [1.29, 1.82) is 0 Å². The molecule has 0 spiro atoms. The lowest BCUT2D eigenvalue weighted by molar-refractivity contribution is 0.259. The third kappa shape index (κ3) is 2.91. The second kappa shape index (κ2) is 5.70. The van der Waals surface area contributed by atoms with Crippen molar-refractivity contribution in [3.63, 3.8) is 0 Å². The molecule has 0 fully saturated rings. The third-order valence-electron chi connectivity index (χ3n) is 2.55. The normalized spacial score (nSPS) is 12.6. The first kappa shape index (κ1) is 12.7. The highest BCUT2D eigenvalue weighted by Crippen LogP contribution is 2.14. The molecule has 3 N–H and O–H groups in total. The maximum Gasteiger partial charge on any atom is 0.243 e. The number of aromatic nitrogens is 2. The van der Waals surface area contributed by atoms with Crippen molar-refractivity contribution in [2.75, 3.05) is 6.61 Å². The summed E-state index contributed by atoms with van der Waals surface area (Å²) in [5.74, 6) is 0.336. The van der Waals surface area contributed by atoms with Crippen LogP contribution < -0.4 is 5.73 Å². The minimum absolute atomic E-state index is 0.0494. The zero-order valence-corrected chi connectivity index (χ0v) is 9.71. The number of aliphatic hydroxyl groups excluding tert-OH is 1. The molecule has 1 aromatic carbocycles. The average Bonchev–Trinajstić information content (AvgIpc) is 2.81. The lowest BCUT2D eigenvalue weighted by Gasteiger charge is -2.01. The van der Waals surface area contributed by atoms with Gasteiger partial charge in [-0.15, -0.1) is 0 Å². The molecule has 0 aliphatic rings. The van der Waals surface area contributed by atoms with Crippen molar-refractivity contribution in [2.45, 2.75) is 18.9 Å². The van der Waals surface area contributed by atoms with E-state index in [4.69, 9.17) is 15.4 Å². The number of nitrogens with two attached hydrogens (primary N) is 1. The second-order valence-corrected chi connectivity index (χ2v) is 3.94. The third-order valence-corrected chi connectivity index (χ3v) is 2.55. The van der Waals surface area contributed by atoms with Crippen LogP contribution in [0.3, 0.4) is 0 Å². The van der Waals surface area contributed by atoms with Gasteiger partial charge in [0.1, 0.15) is 5.82 Å². The Hall–Kier alpha value is -1.79. The van der Waals surface area contributed by atoms with Gasteiger partial charge in [-0.3, -0.25) is 0 Å². The molecule has 1 atom stereocenters. The number of rotatable bonds is 5. The molecule has 1 heterocycles. The van der Waals surface area contributed by atoms with Gasteiger partial charge in [0.15, 0.2) is 5.82 Å². The molecule has 0 saturated carbocycles. The Morgan fingerprint density at radius 1 is 1.39 bits per heavy atom. The molecule has 1 unspecified atom stereocenters. The molecule has 2 rings (SSSR count). The summed E-state index contributed by atoms with van der Waals surface area (Å²) in [4.78, 5) is 4.08. The lowest BCUT2D eigenvalue weighted by Crippen LogP contribution is -2.12. The number of hydrogen-bond donors (Lipinski definition) is 2. The highest BCUT2D eigenvalue weighted by atomic mass is 19.1. The van der Waals surface area contributed by atoms with E-state index >= 15 is 0 Å². The maximum atomic E-state index is 13.4. The summed E-state index contributed by atoms with van der Waals surface area (Å²) in [6.45, 7) is -0.0494. The number of nitrogens with zero attached hydrogens (tertiary/aromatic N) is 2. The summed E-state index contributed by atoms with van der Waals surface area (Å²) in [5.41, 5.74) is 6.21. The predicted octanol–water partition coefficient (Wildman–Crippen LogP) is 1.18. The summed E-state index contributed by atoms with van der Waals surface area (Å²) in [6, 6.07) is 5.93. The van der Waals surface area contributed by atoms with Crippen molar-refractivity contribution < 1.29 is 14.0 Å². The van der Waals surface area contributed by atoms with Crippen LogP contribution >= 0.6 is 0 Å². The molecule has 6 heteroatoms. The Bertz CT molecular complexity index is 516. The van der Waals surface area contributed by atoms with E-state index in [1.54, 1.807) is 18.2 Å². The highest BCUT2D eigenvalue weighted by Gasteiger charge is 2.15. The van der Waals surface area contributed by atoms with Gasteiger partial charge in [-0.1, -0.05) is 23.4 Å². The maximum absolute atomic E-state index is 13.4. The van der Waals surface area contributed by atoms with Crippen molar-refractivity contribution in [1.82, 2.24) is 10.1 Å². The van der Waals surface area contributed by atoms with Crippen molar-refractivity contribution in [2.24, 2.45) is 5.73 Å². The standard InChI is InChI=1S/C12H14FN3O2/c13-9-4-2-1-3-8(9)7-11-15-12(18-16-11)10(14)5-6-17/h1-4,10,17H,5-7,14H2. The summed E-state index contributed by atoms with van der Waals surface area (Å²) < 4.78 is 18.4. The van der Waals surface area contributed by atoms with Gasteiger partial charge in [-0.05, 0) is 18.1 Å². The molecule has 2 aromatic rings. The molecule has 0 amide bonds. The van der Waals surface area contributed by atoms with Crippen LogP contribution in [0.5, 0.6) is 0 Å². The fourth-order valence-electron chi connectivity index (χ4n) is 1.56. The van der Waals surface area contributed by atoms with Crippen molar-refractivity contribution >= 4 is 0 Å². The van der Waals surface area contributed by atoms with E-state index in [0.29, 0.717) is 17.8 Å². The minimum atomic E-state index is -0.489. The van der Waals surface area contributed by atoms with Gasteiger partial charge in [0.2, 0.25) is 5.89 Å². The molecule has 1 aromatic heterocycles. The highest BCUT2D eigenvalue weighted by molar-refractivity contribution is 5.20. The van der Waals surface area contributed by atoms with Gasteiger partial charge >= 0.3 is 0 Å². The smallest absolute Gasteiger partial charge is 0.243 e. The van der Waals surface area contributed by atoms with E-state index in [1.807, 2.05) is 0 Å². The van der Waals surface area contributed by atoms with Crippen molar-refractivity contribution in [3.8, 4) is 0 Å². The largest absolute Gasteiger partial charge is 0.396 e. The van der Waals surface area contributed by atoms with Gasteiger partial charge < -0.3 is 15.4 Å². The van der Waals surface area contributed by atoms with Crippen molar-refractivity contribution in [3.05, 3.63) is 47.4 Å². The summed E-state index contributed by atoms with van der Waals surface area (Å²) in [6.07, 6.45) is 0.601. The lowest BCUT2D eigenvalue weighted by atomic mass is 10.1. The summed E-state index contributed by atoms with van der Waals surface area (Å²) in [7, 11) is 0. The molecule has 0 aliphatic carbocycles. The van der Waals surface area contributed by atoms with Crippen LogP contribution in [0.25, 0.3) is 0 Å². The first-order valence-corrected chi connectivity index (χ1v) is 5.63. The topological polar surface area (TPSA) is 85.2 Å². The Labute approximate surface area is 103 Å². The van der Waals surface area contributed by atoms with E-state index in [0.717, 1.165) is 0 Å². The molecule has 0 aliphatic heterocycles. The Balaban J connectivity index is 2.09. The van der Waals surface area contributed by atoms with E-state index in [9.17, 15) is 4.39 Å². The Morgan fingerprint density at radius 3 is 2.89 bits per heavy atom. The van der Waals surface area contributed by atoms with Crippen LogP contribution in [0.1, 0.15) is 29.7 Å². The molecule has 96 valence electrons. The van der Waals surface area contributed by atoms with Gasteiger partial charge in [0, 0.05) is 13.0 Å². The second-order valence-electron chi connectivity index (χ2n) is 3.94. The van der Waals surface area contributed by atoms with Crippen LogP contribution in [0, 0.1) is 5.82 Å². The van der Waals surface area contributed by atoms with E-state index in [2.05, 4.69) is 10.1 Å². The first-order valence-electron chi connectivity index (χ1n) is 5.63. The first-order chi connectivity index (χ1) is 8.70. The zero-order chi connectivity index (χ0) is 13.0. The number of hydrogen-bond acceptors (Lipinski definition) is 5. The van der Waals surface area contributed by atoms with Gasteiger partial charge in [0.05, 0.1) is 6.04 Å². The molecule has 0 saturated heterocycles. The molecular weight excluding hydrogens is 237 g/mol. The van der Waals surface area contributed by atoms with Crippen LogP contribution in [0.4, 0.5) is 4.39 Å². The molecular formula is C12H14FN3O2. The molecule has 0 radical (unpaired) electrons. The monoisotopic (exact) mass is 251 g/mol. The fraction of sp³-hybridized carbons (Fsp3) is 0.333. The Kier molecular flexibility index (Phi) is 4.01. The van der Waals surface area contributed by atoms with E-state index in [1.165, 1.54) is 6.07 Å². The van der Waals surface area contributed by atoms with Crippen LogP contribution in [-0.4, -0.2) is 21.9 Å². The molecule has 5 nitrogen and oxygen atoms in total. The van der Waals surface area contributed by atoms with Crippen LogP contribution in [0.15, 0.2) is 28.8 Å². The fourth-order valence-corrected chi connectivity index (χ4v) is 1.56. The number of benzene rings is 1. The number of aliphatic hydroxyl groups is 1. The summed E-state index contributed by atoms with van der Waals surface area (Å²) in [5, 5.41) is 12.5. The molecule has 0 bridgehead atoms. The molecule has 18 heavy (non-hydrogen) atoms. The van der Waals surface area contributed by atoms with Crippen LogP contribution in [0.2, 0.25) is 0 Å². The minimum Gasteiger partial charge on any atom is -0.396 e. The quantitative estimate of drug-likeness (QED) is 0.833. The zero-order valence-electron chi connectivity index (χ0n) is 9.71. The number of halogens is 1.